The van der Waals surface area contributed by atoms with Crippen LogP contribution in [0.1, 0.15) is 10.5 Å². The Balaban J connectivity index is 1.99. The molecule has 9 heteroatoms. The van der Waals surface area contributed by atoms with Crippen LogP contribution in [0.4, 0.5) is 10.2 Å². The Morgan fingerprint density at radius 2 is 2.25 bits per heavy atom. The second-order valence-corrected chi connectivity index (χ2v) is 5.17. The van der Waals surface area contributed by atoms with Gasteiger partial charge in [-0.3, -0.25) is 4.79 Å². The summed E-state index contributed by atoms with van der Waals surface area (Å²) < 4.78 is 14.9. The molecule has 4 heterocycles. The van der Waals surface area contributed by atoms with Gasteiger partial charge in [0.05, 0.1) is 6.20 Å². The maximum atomic E-state index is 13.5. The summed E-state index contributed by atoms with van der Waals surface area (Å²) in [5, 5.41) is 7.46. The van der Waals surface area contributed by atoms with E-state index in [0.717, 1.165) is 6.20 Å². The molecule has 0 fully saturated rings. The van der Waals surface area contributed by atoms with Crippen molar-refractivity contribution in [1.82, 2.24) is 29.9 Å². The molecule has 0 bridgehead atoms. The van der Waals surface area contributed by atoms with Crippen molar-refractivity contribution in [3.8, 4) is 11.4 Å². The third-order valence-electron chi connectivity index (χ3n) is 3.74. The summed E-state index contributed by atoms with van der Waals surface area (Å²) in [4.78, 5) is 23.1. The average Bonchev–Trinajstić information content (AvgIpc) is 3.17. The minimum absolute atomic E-state index is 0.217. The summed E-state index contributed by atoms with van der Waals surface area (Å²) in [7, 11) is 1.53. The Labute approximate surface area is 134 Å². The zero-order chi connectivity index (χ0) is 16.8. The summed E-state index contributed by atoms with van der Waals surface area (Å²) in [6.45, 7) is 0. The van der Waals surface area contributed by atoms with Crippen LogP contribution in [0.2, 0.25) is 0 Å². The molecule has 0 aliphatic rings. The second-order valence-electron chi connectivity index (χ2n) is 5.17. The molecule has 4 aromatic rings. The molecule has 0 aliphatic carbocycles. The van der Waals surface area contributed by atoms with Crippen LogP contribution in [0.25, 0.3) is 27.9 Å². The van der Waals surface area contributed by atoms with Crippen molar-refractivity contribution in [2.45, 2.75) is 0 Å². The maximum absolute atomic E-state index is 13.5. The average molecular weight is 325 g/mol. The molecule has 1 amide bonds. The largest absolute Gasteiger partial charge is 0.382 e. The Kier molecular flexibility index (Phi) is 2.95. The minimum atomic E-state index is -0.468. The highest BCUT2D eigenvalue weighted by Gasteiger charge is 2.17. The van der Waals surface area contributed by atoms with E-state index in [9.17, 15) is 9.18 Å². The van der Waals surface area contributed by atoms with Crippen molar-refractivity contribution in [3.05, 3.63) is 42.1 Å². The molecule has 120 valence electrons. The molecule has 24 heavy (non-hydrogen) atoms. The van der Waals surface area contributed by atoms with Crippen molar-refractivity contribution in [2.75, 3.05) is 12.8 Å². The van der Waals surface area contributed by atoms with E-state index in [1.807, 2.05) is 0 Å². The molecular weight excluding hydrogens is 313 g/mol. The van der Waals surface area contributed by atoms with Crippen molar-refractivity contribution in [3.63, 3.8) is 0 Å². The molecule has 0 unspecified atom stereocenters. The summed E-state index contributed by atoms with van der Waals surface area (Å²) >= 11 is 0. The van der Waals surface area contributed by atoms with Gasteiger partial charge in [0.15, 0.2) is 11.6 Å². The normalized spacial score (nSPS) is 11.2. The molecule has 0 spiro atoms. The highest BCUT2D eigenvalue weighted by Crippen LogP contribution is 2.27. The SMILES string of the molecule is CNC(=O)c1ccc2c(N)nc(-c3c[nH]c4ncc(F)cc34)nn12. The lowest BCUT2D eigenvalue weighted by Gasteiger charge is -2.05. The fraction of sp³-hybridized carbons (Fsp3) is 0.0667. The molecule has 8 nitrogen and oxygen atoms in total. The van der Waals surface area contributed by atoms with Gasteiger partial charge in [-0.05, 0) is 18.2 Å². The summed E-state index contributed by atoms with van der Waals surface area (Å²) in [5.74, 6) is -0.288. The first-order valence-electron chi connectivity index (χ1n) is 7.09. The van der Waals surface area contributed by atoms with Crippen LogP contribution in [-0.2, 0) is 0 Å². The standard InChI is InChI=1S/C15H12FN7O/c1-18-15(24)11-3-2-10-12(17)21-14(22-23(10)11)9-6-20-13-8(9)4-7(16)5-19-13/h2-6H,1H3,(H,18,24)(H,19,20)(H2,17,21,22). The van der Waals surface area contributed by atoms with Crippen LogP contribution in [0.3, 0.4) is 0 Å². The third kappa shape index (κ3) is 1.98. The van der Waals surface area contributed by atoms with Crippen LogP contribution in [0, 0.1) is 5.82 Å². The second kappa shape index (κ2) is 5.01. The first kappa shape index (κ1) is 14.1. The van der Waals surface area contributed by atoms with Crippen molar-refractivity contribution in [1.29, 1.82) is 0 Å². The molecule has 0 saturated carbocycles. The topological polar surface area (TPSA) is 114 Å². The number of H-pyrrole nitrogens is 1. The number of nitrogen functional groups attached to an aromatic ring is 1. The highest BCUT2D eigenvalue weighted by atomic mass is 19.1. The molecule has 0 aromatic carbocycles. The molecule has 0 aliphatic heterocycles. The first-order valence-corrected chi connectivity index (χ1v) is 7.09. The number of aromatic amines is 1. The number of fused-ring (bicyclic) bond motifs is 2. The van der Waals surface area contributed by atoms with Gasteiger partial charge in [-0.25, -0.2) is 18.9 Å². The minimum Gasteiger partial charge on any atom is -0.382 e. The number of nitrogens with two attached hydrogens (primary N) is 1. The summed E-state index contributed by atoms with van der Waals surface area (Å²) in [5.41, 5.74) is 7.88. The number of hydrogen-bond donors (Lipinski definition) is 3. The Morgan fingerprint density at radius 1 is 1.42 bits per heavy atom. The molecule has 0 radical (unpaired) electrons. The fourth-order valence-corrected chi connectivity index (χ4v) is 2.60. The number of pyridine rings is 1. The van der Waals surface area contributed by atoms with Crippen LogP contribution in [0.5, 0.6) is 0 Å². The van der Waals surface area contributed by atoms with Gasteiger partial charge in [0.1, 0.15) is 22.7 Å². The Hall–Kier alpha value is -3.49. The quantitative estimate of drug-likeness (QED) is 0.515. The van der Waals surface area contributed by atoms with E-state index in [1.54, 1.807) is 18.3 Å². The number of hydrogen-bond acceptors (Lipinski definition) is 5. The van der Waals surface area contributed by atoms with E-state index in [2.05, 4.69) is 25.4 Å². The van der Waals surface area contributed by atoms with E-state index in [1.165, 1.54) is 17.6 Å². The molecule has 0 atom stereocenters. The van der Waals surface area contributed by atoms with Gasteiger partial charge in [0.2, 0.25) is 0 Å². The molecule has 4 N–H and O–H groups in total. The lowest BCUT2D eigenvalue weighted by atomic mass is 10.2. The number of nitrogens with one attached hydrogen (secondary N) is 2. The van der Waals surface area contributed by atoms with Crippen LogP contribution >= 0.6 is 0 Å². The number of carbonyl (C=O) groups excluding carboxylic acids is 1. The van der Waals surface area contributed by atoms with Crippen molar-refractivity contribution < 1.29 is 9.18 Å². The van der Waals surface area contributed by atoms with Gasteiger partial charge < -0.3 is 16.0 Å². The summed E-state index contributed by atoms with van der Waals surface area (Å²) in [6, 6.07) is 4.62. The number of aromatic nitrogens is 5. The molecular formula is C15H12FN7O. The Bertz CT molecular complexity index is 1100. The maximum Gasteiger partial charge on any atom is 0.269 e. The third-order valence-corrected chi connectivity index (χ3v) is 3.74. The van der Waals surface area contributed by atoms with Gasteiger partial charge >= 0.3 is 0 Å². The number of amides is 1. The van der Waals surface area contributed by atoms with E-state index in [-0.39, 0.29) is 17.5 Å². The number of anilines is 1. The van der Waals surface area contributed by atoms with Gasteiger partial charge in [-0.15, -0.1) is 5.10 Å². The monoisotopic (exact) mass is 325 g/mol. The molecule has 4 aromatic heterocycles. The zero-order valence-electron chi connectivity index (χ0n) is 12.5. The molecule has 4 rings (SSSR count). The smallest absolute Gasteiger partial charge is 0.269 e. The summed E-state index contributed by atoms with van der Waals surface area (Å²) in [6.07, 6.45) is 2.75. The zero-order valence-corrected chi connectivity index (χ0v) is 12.5. The van der Waals surface area contributed by atoms with Gasteiger partial charge in [-0.1, -0.05) is 0 Å². The lowest BCUT2D eigenvalue weighted by Crippen LogP contribution is -2.20. The van der Waals surface area contributed by atoms with E-state index < -0.39 is 5.82 Å². The van der Waals surface area contributed by atoms with Crippen LogP contribution < -0.4 is 11.1 Å². The van der Waals surface area contributed by atoms with Gasteiger partial charge in [-0.2, -0.15) is 0 Å². The predicted molar refractivity (Wildman–Crippen MR) is 85.8 cm³/mol. The first-order chi connectivity index (χ1) is 11.6. The Morgan fingerprint density at radius 3 is 3.04 bits per heavy atom. The predicted octanol–water partition coefficient (Wildman–Crippen LogP) is 1.35. The number of carbonyl (C=O) groups is 1. The number of halogens is 1. The van der Waals surface area contributed by atoms with Crippen LogP contribution in [-0.4, -0.2) is 37.5 Å². The van der Waals surface area contributed by atoms with Crippen molar-refractivity contribution in [2.24, 2.45) is 0 Å². The van der Waals surface area contributed by atoms with E-state index in [0.29, 0.717) is 27.8 Å². The lowest BCUT2D eigenvalue weighted by molar-refractivity contribution is 0.0956. The van der Waals surface area contributed by atoms with E-state index >= 15 is 0 Å². The van der Waals surface area contributed by atoms with Crippen molar-refractivity contribution >= 4 is 28.3 Å². The number of nitrogens with zero attached hydrogens (tertiary/aromatic N) is 4. The van der Waals surface area contributed by atoms with Gasteiger partial charge in [0.25, 0.3) is 5.91 Å². The number of rotatable bonds is 2. The highest BCUT2D eigenvalue weighted by molar-refractivity contribution is 5.95. The van der Waals surface area contributed by atoms with Crippen LogP contribution in [0.15, 0.2) is 30.6 Å². The van der Waals surface area contributed by atoms with Gasteiger partial charge in [0, 0.05) is 24.2 Å². The fourth-order valence-electron chi connectivity index (χ4n) is 2.60. The molecule has 0 saturated heterocycles. The van der Waals surface area contributed by atoms with E-state index in [4.69, 9.17) is 5.73 Å².